The summed E-state index contributed by atoms with van der Waals surface area (Å²) >= 11 is 3.00. The maximum atomic E-state index is 14.1. The molecule has 8 heteroatoms. The molecule has 5 nitrogen and oxygen atoms in total. The normalized spacial score (nSPS) is 22.4. The third-order valence-electron chi connectivity index (χ3n) is 3.29. The molecule has 2 rings (SSSR count). The van der Waals surface area contributed by atoms with Crippen LogP contribution in [0.4, 0.5) is 4.39 Å². The van der Waals surface area contributed by atoms with Crippen LogP contribution in [-0.4, -0.2) is 37.5 Å². The lowest BCUT2D eigenvalue weighted by Gasteiger charge is -2.13. The van der Waals surface area contributed by atoms with Crippen LogP contribution in [0.2, 0.25) is 0 Å². The number of rotatable bonds is 4. The lowest BCUT2D eigenvalue weighted by atomic mass is 10.2. The molecule has 0 aliphatic carbocycles. The zero-order valence-electron chi connectivity index (χ0n) is 11.2. The topological polar surface area (TPSA) is 80.7 Å². The van der Waals surface area contributed by atoms with E-state index in [2.05, 4.69) is 15.9 Å². The van der Waals surface area contributed by atoms with Crippen LogP contribution >= 0.6 is 15.9 Å². The number of carbonyl (C=O) groups is 1. The molecule has 2 atom stereocenters. The summed E-state index contributed by atoms with van der Waals surface area (Å²) in [5.74, 6) is -3.11. The summed E-state index contributed by atoms with van der Waals surface area (Å²) < 4.78 is 44.4. The van der Waals surface area contributed by atoms with Gasteiger partial charge in [0.25, 0.3) is 0 Å². The Bertz CT molecular complexity index is 673. The van der Waals surface area contributed by atoms with Gasteiger partial charge in [0.2, 0.25) is 0 Å². The highest BCUT2D eigenvalue weighted by atomic mass is 79.9. The molecule has 0 saturated carbocycles. The number of carboxylic acid groups (broad SMARTS) is 1. The fourth-order valence-corrected chi connectivity index (χ4v) is 4.50. The molecule has 0 amide bonds. The molecule has 0 aromatic heterocycles. The SMILES string of the molecule is CC1CCC(CS(=O)(=O)c2cc(Br)cc(C(=O)O)c2F)O1. The van der Waals surface area contributed by atoms with E-state index in [1.807, 2.05) is 6.92 Å². The molecule has 21 heavy (non-hydrogen) atoms. The van der Waals surface area contributed by atoms with Crippen molar-refractivity contribution in [2.45, 2.75) is 36.9 Å². The van der Waals surface area contributed by atoms with Crippen molar-refractivity contribution in [1.29, 1.82) is 0 Å². The van der Waals surface area contributed by atoms with Crippen LogP contribution in [0.3, 0.4) is 0 Å². The zero-order chi connectivity index (χ0) is 15.8. The first-order chi connectivity index (χ1) is 9.70. The number of benzene rings is 1. The highest BCUT2D eigenvalue weighted by molar-refractivity contribution is 9.10. The molecular formula is C13H14BrFO5S. The molecule has 1 aliphatic rings. The van der Waals surface area contributed by atoms with Gasteiger partial charge in [-0.1, -0.05) is 15.9 Å². The van der Waals surface area contributed by atoms with Crippen molar-refractivity contribution in [3.63, 3.8) is 0 Å². The van der Waals surface area contributed by atoms with Crippen LogP contribution in [0.25, 0.3) is 0 Å². The van der Waals surface area contributed by atoms with Gasteiger partial charge < -0.3 is 9.84 Å². The quantitative estimate of drug-likeness (QED) is 0.867. The standard InChI is InChI=1S/C13H14BrFO5S/c1-7-2-3-9(20-7)6-21(18,19)11-5-8(14)4-10(12(11)15)13(16)17/h4-5,7,9H,2-3,6H2,1H3,(H,16,17). The van der Waals surface area contributed by atoms with Crippen LogP contribution in [0.1, 0.15) is 30.1 Å². The largest absolute Gasteiger partial charge is 0.478 e. The Morgan fingerprint density at radius 1 is 1.48 bits per heavy atom. The minimum absolute atomic E-state index is 0.0212. The second-order valence-corrected chi connectivity index (χ2v) is 7.92. The number of hydrogen-bond donors (Lipinski definition) is 1. The minimum atomic E-state index is -3.97. The molecule has 1 aliphatic heterocycles. The summed E-state index contributed by atoms with van der Waals surface area (Å²) in [5.41, 5.74) is -0.677. The smallest absolute Gasteiger partial charge is 0.338 e. The van der Waals surface area contributed by atoms with Crippen molar-refractivity contribution in [2.75, 3.05) is 5.75 Å². The zero-order valence-corrected chi connectivity index (χ0v) is 13.6. The average Bonchev–Trinajstić information content (AvgIpc) is 2.76. The molecule has 1 heterocycles. The summed E-state index contributed by atoms with van der Waals surface area (Å²) in [6.07, 6.45) is 0.826. The van der Waals surface area contributed by atoms with E-state index >= 15 is 0 Å². The highest BCUT2D eigenvalue weighted by Gasteiger charge is 2.31. The summed E-state index contributed by atoms with van der Waals surface area (Å²) in [7, 11) is -3.97. The van der Waals surface area contributed by atoms with Crippen molar-refractivity contribution < 1.29 is 27.4 Å². The van der Waals surface area contributed by atoms with Crippen molar-refractivity contribution in [2.24, 2.45) is 0 Å². The Hall–Kier alpha value is -0.990. The lowest BCUT2D eigenvalue weighted by molar-refractivity contribution is 0.0687. The van der Waals surface area contributed by atoms with Gasteiger partial charge in [0.05, 0.1) is 23.5 Å². The fraction of sp³-hybridized carbons (Fsp3) is 0.462. The van der Waals surface area contributed by atoms with Crippen LogP contribution < -0.4 is 0 Å². The first-order valence-electron chi connectivity index (χ1n) is 6.31. The van der Waals surface area contributed by atoms with Gasteiger partial charge in [-0.15, -0.1) is 0 Å². The lowest BCUT2D eigenvalue weighted by Crippen LogP contribution is -2.22. The average molecular weight is 381 g/mol. The van der Waals surface area contributed by atoms with Gasteiger partial charge in [-0.25, -0.2) is 17.6 Å². The van der Waals surface area contributed by atoms with Gasteiger partial charge >= 0.3 is 5.97 Å². The fourth-order valence-electron chi connectivity index (χ4n) is 2.29. The number of carboxylic acids is 1. The van der Waals surface area contributed by atoms with E-state index in [0.717, 1.165) is 18.6 Å². The Kier molecular flexibility index (Phi) is 4.69. The van der Waals surface area contributed by atoms with E-state index in [1.54, 1.807) is 0 Å². The number of halogens is 2. The van der Waals surface area contributed by atoms with E-state index in [-0.39, 0.29) is 16.3 Å². The Balaban J connectivity index is 2.38. The molecule has 1 N–H and O–H groups in total. The Morgan fingerprint density at radius 2 is 2.14 bits per heavy atom. The van der Waals surface area contributed by atoms with Crippen LogP contribution in [0, 0.1) is 5.82 Å². The van der Waals surface area contributed by atoms with Gasteiger partial charge in [-0.3, -0.25) is 0 Å². The number of sulfone groups is 1. The van der Waals surface area contributed by atoms with Crippen molar-refractivity contribution >= 4 is 31.7 Å². The van der Waals surface area contributed by atoms with E-state index in [9.17, 15) is 17.6 Å². The summed E-state index contributed by atoms with van der Waals surface area (Å²) in [4.78, 5) is 10.3. The van der Waals surface area contributed by atoms with Crippen LogP contribution in [-0.2, 0) is 14.6 Å². The maximum Gasteiger partial charge on any atom is 0.338 e. The Labute approximate surface area is 130 Å². The first kappa shape index (κ1) is 16.4. The second-order valence-electron chi connectivity index (χ2n) is 5.00. The molecule has 1 aromatic rings. The van der Waals surface area contributed by atoms with E-state index < -0.39 is 38.2 Å². The van der Waals surface area contributed by atoms with Crippen molar-refractivity contribution in [3.05, 3.63) is 28.0 Å². The molecule has 1 saturated heterocycles. The molecule has 1 aromatic carbocycles. The van der Waals surface area contributed by atoms with Gasteiger partial charge in [-0.05, 0) is 31.9 Å². The molecule has 1 fully saturated rings. The van der Waals surface area contributed by atoms with E-state index in [1.165, 1.54) is 0 Å². The van der Waals surface area contributed by atoms with Crippen molar-refractivity contribution in [1.82, 2.24) is 0 Å². The summed E-state index contributed by atoms with van der Waals surface area (Å²) in [6.45, 7) is 1.84. The number of aromatic carboxylic acids is 1. The Morgan fingerprint density at radius 3 is 2.67 bits per heavy atom. The number of hydrogen-bond acceptors (Lipinski definition) is 4. The number of ether oxygens (including phenoxy) is 1. The van der Waals surface area contributed by atoms with Gasteiger partial charge in [0.15, 0.2) is 15.7 Å². The summed E-state index contributed by atoms with van der Waals surface area (Å²) in [6, 6.07) is 2.11. The highest BCUT2D eigenvalue weighted by Crippen LogP contribution is 2.28. The van der Waals surface area contributed by atoms with Gasteiger partial charge in [0.1, 0.15) is 4.90 Å². The van der Waals surface area contributed by atoms with E-state index in [0.29, 0.717) is 6.42 Å². The molecule has 116 valence electrons. The predicted molar refractivity (Wildman–Crippen MR) is 76.7 cm³/mol. The third-order valence-corrected chi connectivity index (χ3v) is 5.53. The van der Waals surface area contributed by atoms with E-state index in [4.69, 9.17) is 9.84 Å². The first-order valence-corrected chi connectivity index (χ1v) is 8.76. The monoisotopic (exact) mass is 380 g/mol. The molecule has 0 spiro atoms. The van der Waals surface area contributed by atoms with Gasteiger partial charge in [-0.2, -0.15) is 0 Å². The third kappa shape index (κ3) is 3.61. The molecule has 0 bridgehead atoms. The molecule has 0 radical (unpaired) electrons. The minimum Gasteiger partial charge on any atom is -0.478 e. The van der Waals surface area contributed by atoms with Crippen LogP contribution in [0.5, 0.6) is 0 Å². The van der Waals surface area contributed by atoms with Gasteiger partial charge in [0, 0.05) is 4.47 Å². The second kappa shape index (κ2) is 6.02. The molecule has 2 unspecified atom stereocenters. The maximum absolute atomic E-state index is 14.1. The van der Waals surface area contributed by atoms with Crippen molar-refractivity contribution in [3.8, 4) is 0 Å². The predicted octanol–water partition coefficient (Wildman–Crippen LogP) is 2.63. The van der Waals surface area contributed by atoms with Crippen LogP contribution in [0.15, 0.2) is 21.5 Å². The molecular weight excluding hydrogens is 367 g/mol. The summed E-state index contributed by atoms with van der Waals surface area (Å²) in [5, 5.41) is 8.92.